The maximum absolute atomic E-state index is 9.97. The molecule has 8 heteroatoms. The minimum Gasteiger partial charge on any atom is -0.394 e. The van der Waals surface area contributed by atoms with Crippen LogP contribution in [-0.2, 0) is 14.2 Å². The fourth-order valence-corrected chi connectivity index (χ4v) is 3.56. The molecule has 0 amide bonds. The fourth-order valence-electron chi connectivity index (χ4n) is 3.56. The van der Waals surface area contributed by atoms with Gasteiger partial charge in [0.1, 0.15) is 30.5 Å². The average Bonchev–Trinajstić information content (AvgIpc) is 2.75. The van der Waals surface area contributed by atoms with Crippen LogP contribution in [0.25, 0.3) is 0 Å². The molecule has 30 heavy (non-hydrogen) atoms. The smallest absolute Gasteiger partial charge is 0.186 e. The first-order valence-electron chi connectivity index (χ1n) is 11.7. The van der Waals surface area contributed by atoms with Crippen molar-refractivity contribution < 1.29 is 39.7 Å². The Kier molecular flexibility index (Phi) is 15.9. The third kappa shape index (κ3) is 10.8. The van der Waals surface area contributed by atoms with Gasteiger partial charge in [-0.25, -0.2) is 0 Å². The quantitative estimate of drug-likeness (QED) is 0.204. The van der Waals surface area contributed by atoms with Crippen molar-refractivity contribution in [3.63, 3.8) is 0 Å². The van der Waals surface area contributed by atoms with E-state index in [0.717, 1.165) is 19.4 Å². The highest BCUT2D eigenvalue weighted by molar-refractivity contribution is 4.92. The molecule has 1 saturated heterocycles. The van der Waals surface area contributed by atoms with E-state index in [0.29, 0.717) is 13.0 Å². The van der Waals surface area contributed by atoms with Crippen LogP contribution in [0.5, 0.6) is 0 Å². The Labute approximate surface area is 181 Å². The topological polar surface area (TPSA) is 129 Å². The Morgan fingerprint density at radius 1 is 0.733 bits per heavy atom. The zero-order chi connectivity index (χ0) is 22.2. The number of aliphatic hydroxyl groups excluding tert-OH is 5. The van der Waals surface area contributed by atoms with Crippen LogP contribution in [0.2, 0.25) is 0 Å². The monoisotopic (exact) mass is 436 g/mol. The average molecular weight is 437 g/mol. The molecular formula is C22H44O8. The molecule has 0 spiro atoms. The standard InChI is InChI=1S/C22H44O8/c1-2-3-4-5-6-7-8-9-10-13-28-14-11-12-15-29-22-20(27)18(25)19(26)21(30-22)17(24)16-23/h17-27H,2-16H2,1H3/t17-,18+,19+,20+,21-,22+/m1/s1. The summed E-state index contributed by atoms with van der Waals surface area (Å²) in [5.74, 6) is 0. The first kappa shape index (κ1) is 27.7. The van der Waals surface area contributed by atoms with Gasteiger partial charge in [-0.15, -0.1) is 0 Å². The minimum atomic E-state index is -1.52. The van der Waals surface area contributed by atoms with E-state index in [1.807, 2.05) is 0 Å². The third-order valence-corrected chi connectivity index (χ3v) is 5.53. The summed E-state index contributed by atoms with van der Waals surface area (Å²) in [5.41, 5.74) is 0. The van der Waals surface area contributed by atoms with Crippen LogP contribution in [0.15, 0.2) is 0 Å². The molecule has 0 saturated carbocycles. The third-order valence-electron chi connectivity index (χ3n) is 5.53. The van der Waals surface area contributed by atoms with E-state index in [2.05, 4.69) is 6.92 Å². The highest BCUT2D eigenvalue weighted by Gasteiger charge is 2.46. The molecule has 8 nitrogen and oxygen atoms in total. The second-order valence-corrected chi connectivity index (χ2v) is 8.21. The van der Waals surface area contributed by atoms with E-state index < -0.39 is 43.4 Å². The summed E-state index contributed by atoms with van der Waals surface area (Å²) in [6, 6.07) is 0. The Bertz CT molecular complexity index is 397. The lowest BCUT2D eigenvalue weighted by Crippen LogP contribution is -2.61. The molecule has 0 bridgehead atoms. The number of rotatable bonds is 18. The summed E-state index contributed by atoms with van der Waals surface area (Å²) >= 11 is 0. The van der Waals surface area contributed by atoms with Gasteiger partial charge in [0, 0.05) is 19.8 Å². The molecule has 5 N–H and O–H groups in total. The predicted octanol–water partition coefficient (Wildman–Crippen LogP) is 1.49. The van der Waals surface area contributed by atoms with E-state index in [4.69, 9.17) is 19.3 Å². The van der Waals surface area contributed by atoms with Crippen molar-refractivity contribution in [1.29, 1.82) is 0 Å². The maximum atomic E-state index is 9.97. The Hall–Kier alpha value is -0.320. The lowest BCUT2D eigenvalue weighted by molar-refractivity contribution is -0.311. The van der Waals surface area contributed by atoms with Crippen LogP contribution in [0.4, 0.5) is 0 Å². The maximum Gasteiger partial charge on any atom is 0.186 e. The van der Waals surface area contributed by atoms with Crippen LogP contribution in [0, 0.1) is 0 Å². The van der Waals surface area contributed by atoms with Crippen molar-refractivity contribution in [3.8, 4) is 0 Å². The number of hydrogen-bond donors (Lipinski definition) is 5. The molecule has 0 aromatic rings. The first-order chi connectivity index (χ1) is 14.5. The number of unbranched alkanes of at least 4 members (excludes halogenated alkanes) is 9. The molecule has 0 radical (unpaired) electrons. The van der Waals surface area contributed by atoms with E-state index in [-0.39, 0.29) is 6.61 Å². The summed E-state index contributed by atoms with van der Waals surface area (Å²) in [6.07, 6.45) is 4.88. The van der Waals surface area contributed by atoms with Gasteiger partial charge in [0.15, 0.2) is 6.29 Å². The van der Waals surface area contributed by atoms with Crippen LogP contribution in [-0.4, -0.2) is 88.8 Å². The van der Waals surface area contributed by atoms with Crippen molar-refractivity contribution in [2.24, 2.45) is 0 Å². The van der Waals surface area contributed by atoms with Crippen LogP contribution in [0.1, 0.15) is 77.6 Å². The summed E-state index contributed by atoms with van der Waals surface area (Å²) < 4.78 is 16.4. The van der Waals surface area contributed by atoms with Gasteiger partial charge in [-0.05, 0) is 19.3 Å². The second-order valence-electron chi connectivity index (χ2n) is 8.21. The summed E-state index contributed by atoms with van der Waals surface area (Å²) in [5, 5.41) is 48.4. The van der Waals surface area contributed by atoms with Gasteiger partial charge in [0.2, 0.25) is 0 Å². The highest BCUT2D eigenvalue weighted by atomic mass is 16.7. The van der Waals surface area contributed by atoms with Crippen LogP contribution in [0.3, 0.4) is 0 Å². The molecule has 6 atom stereocenters. The number of hydrogen-bond acceptors (Lipinski definition) is 8. The lowest BCUT2D eigenvalue weighted by Gasteiger charge is -2.41. The van der Waals surface area contributed by atoms with Gasteiger partial charge in [-0.3, -0.25) is 0 Å². The van der Waals surface area contributed by atoms with Crippen molar-refractivity contribution in [1.82, 2.24) is 0 Å². The zero-order valence-electron chi connectivity index (χ0n) is 18.5. The van der Waals surface area contributed by atoms with Crippen molar-refractivity contribution in [2.75, 3.05) is 26.4 Å². The summed E-state index contributed by atoms with van der Waals surface area (Å²) in [4.78, 5) is 0. The molecule has 0 aromatic heterocycles. The SMILES string of the molecule is CCCCCCCCCCCOCCCCO[C@H]1O[C@H]([C@H](O)CO)[C@@H](O)[C@H](O)[C@@H]1O. The largest absolute Gasteiger partial charge is 0.394 e. The van der Waals surface area contributed by atoms with Gasteiger partial charge >= 0.3 is 0 Å². The van der Waals surface area contributed by atoms with Gasteiger partial charge in [0.25, 0.3) is 0 Å². The number of aliphatic hydroxyl groups is 5. The van der Waals surface area contributed by atoms with Gasteiger partial charge < -0.3 is 39.7 Å². The van der Waals surface area contributed by atoms with Crippen molar-refractivity contribution >= 4 is 0 Å². The molecule has 1 aliphatic rings. The molecule has 0 aliphatic carbocycles. The van der Waals surface area contributed by atoms with E-state index in [1.165, 1.54) is 51.4 Å². The number of ether oxygens (including phenoxy) is 3. The molecule has 1 aliphatic heterocycles. The van der Waals surface area contributed by atoms with Crippen molar-refractivity contribution in [3.05, 3.63) is 0 Å². The molecule has 1 heterocycles. The van der Waals surface area contributed by atoms with Crippen molar-refractivity contribution in [2.45, 2.75) is 114 Å². The van der Waals surface area contributed by atoms with E-state index in [9.17, 15) is 20.4 Å². The van der Waals surface area contributed by atoms with Gasteiger partial charge in [-0.2, -0.15) is 0 Å². The summed E-state index contributed by atoms with van der Waals surface area (Å²) in [7, 11) is 0. The van der Waals surface area contributed by atoms with Crippen LogP contribution < -0.4 is 0 Å². The van der Waals surface area contributed by atoms with Crippen LogP contribution >= 0.6 is 0 Å². The molecular weight excluding hydrogens is 392 g/mol. The van der Waals surface area contributed by atoms with E-state index >= 15 is 0 Å². The van der Waals surface area contributed by atoms with E-state index in [1.54, 1.807) is 0 Å². The van der Waals surface area contributed by atoms with Gasteiger partial charge in [0.05, 0.1) is 6.61 Å². The summed E-state index contributed by atoms with van der Waals surface area (Å²) in [6.45, 7) is 3.30. The Morgan fingerprint density at radius 2 is 1.27 bits per heavy atom. The zero-order valence-corrected chi connectivity index (χ0v) is 18.5. The molecule has 1 fully saturated rings. The minimum absolute atomic E-state index is 0.286. The Balaban J connectivity index is 1.99. The first-order valence-corrected chi connectivity index (χ1v) is 11.7. The predicted molar refractivity (Wildman–Crippen MR) is 113 cm³/mol. The Morgan fingerprint density at radius 3 is 1.87 bits per heavy atom. The second kappa shape index (κ2) is 17.3. The molecule has 1 rings (SSSR count). The molecule has 0 aromatic carbocycles. The lowest BCUT2D eigenvalue weighted by atomic mass is 9.95. The van der Waals surface area contributed by atoms with Gasteiger partial charge in [-0.1, -0.05) is 58.3 Å². The normalized spacial score (nSPS) is 28.0. The highest BCUT2D eigenvalue weighted by Crippen LogP contribution is 2.24. The fraction of sp³-hybridized carbons (Fsp3) is 1.00. The molecule has 180 valence electrons. The molecule has 0 unspecified atom stereocenters.